The summed E-state index contributed by atoms with van der Waals surface area (Å²) < 4.78 is 72.0. The van der Waals surface area contributed by atoms with Crippen molar-refractivity contribution in [2.75, 3.05) is 4.72 Å². The van der Waals surface area contributed by atoms with E-state index in [1.165, 1.54) is 35.8 Å². The molecule has 0 saturated heterocycles. The molecule has 6 nitrogen and oxygen atoms in total. The Labute approximate surface area is 150 Å². The Balaban J connectivity index is 1.86. The maximum atomic E-state index is 12.5. The molecule has 0 spiro atoms. The summed E-state index contributed by atoms with van der Waals surface area (Å²) in [5.74, 6) is -0.808. The fraction of sp³-hybridized carbons (Fsp3) is 0.0667. The second kappa shape index (κ2) is 6.92. The number of hydrogen-bond acceptors (Lipinski definition) is 6. The van der Waals surface area contributed by atoms with Crippen molar-refractivity contribution >= 4 is 27.2 Å². The molecule has 26 heavy (non-hydrogen) atoms. The van der Waals surface area contributed by atoms with Gasteiger partial charge in [0.2, 0.25) is 0 Å². The molecule has 0 atom stereocenters. The minimum atomic E-state index is -5.01. The predicted octanol–water partition coefficient (Wildman–Crippen LogP) is 3.90. The first-order valence-corrected chi connectivity index (χ1v) is 9.32. The van der Waals surface area contributed by atoms with E-state index in [9.17, 15) is 21.6 Å². The lowest BCUT2D eigenvalue weighted by Gasteiger charge is -2.14. The normalized spacial score (nSPS) is 12.0. The smallest absolute Gasteiger partial charge is 0.404 e. The Morgan fingerprint density at radius 2 is 1.73 bits per heavy atom. The van der Waals surface area contributed by atoms with Crippen LogP contribution in [-0.2, 0) is 10.0 Å². The third kappa shape index (κ3) is 4.29. The van der Waals surface area contributed by atoms with Crippen molar-refractivity contribution in [3.8, 4) is 17.0 Å². The summed E-state index contributed by atoms with van der Waals surface area (Å²) in [6.07, 6.45) is -5.01. The van der Waals surface area contributed by atoms with Gasteiger partial charge in [-0.25, -0.2) is 8.42 Å². The minimum Gasteiger partial charge on any atom is -0.404 e. The zero-order valence-corrected chi connectivity index (χ0v) is 14.4. The van der Waals surface area contributed by atoms with Crippen molar-refractivity contribution in [3.05, 3.63) is 53.9 Å². The molecule has 1 N–H and O–H groups in total. The molecule has 11 heteroatoms. The number of rotatable bonds is 5. The highest BCUT2D eigenvalue weighted by atomic mass is 32.2. The SMILES string of the molecule is O=S(=O)(Nc1ccc(-c2csnn2)cc1)c1ccccc1OC(F)(F)F. The van der Waals surface area contributed by atoms with E-state index in [1.54, 1.807) is 17.5 Å². The van der Waals surface area contributed by atoms with Crippen LogP contribution in [-0.4, -0.2) is 24.4 Å². The Hall–Kier alpha value is -2.66. The molecule has 0 amide bonds. The maximum Gasteiger partial charge on any atom is 0.573 e. The lowest BCUT2D eigenvalue weighted by atomic mass is 10.2. The van der Waals surface area contributed by atoms with Crippen LogP contribution in [0.2, 0.25) is 0 Å². The molecule has 0 bridgehead atoms. The Morgan fingerprint density at radius 3 is 2.35 bits per heavy atom. The zero-order chi connectivity index (χ0) is 18.8. The molecule has 0 aliphatic rings. The molecule has 1 heterocycles. The number of alkyl halides is 3. The van der Waals surface area contributed by atoms with Gasteiger partial charge in [-0.15, -0.1) is 18.3 Å². The van der Waals surface area contributed by atoms with Crippen LogP contribution in [0.5, 0.6) is 5.75 Å². The van der Waals surface area contributed by atoms with Gasteiger partial charge in [0.1, 0.15) is 16.3 Å². The first-order valence-electron chi connectivity index (χ1n) is 7.00. The highest BCUT2D eigenvalue weighted by molar-refractivity contribution is 7.92. The number of aromatic nitrogens is 2. The maximum absolute atomic E-state index is 12.5. The van der Waals surface area contributed by atoms with Crippen molar-refractivity contribution in [1.29, 1.82) is 0 Å². The number of para-hydroxylation sites is 1. The molecule has 0 fully saturated rings. The summed E-state index contributed by atoms with van der Waals surface area (Å²) in [4.78, 5) is -0.620. The number of sulfonamides is 1. The molecule has 136 valence electrons. The Morgan fingerprint density at radius 1 is 1.04 bits per heavy atom. The van der Waals surface area contributed by atoms with Crippen LogP contribution >= 0.6 is 11.5 Å². The highest BCUT2D eigenvalue weighted by Crippen LogP contribution is 2.30. The number of hydrogen-bond donors (Lipinski definition) is 1. The van der Waals surface area contributed by atoms with E-state index in [1.807, 2.05) is 0 Å². The monoisotopic (exact) mass is 401 g/mol. The van der Waals surface area contributed by atoms with Crippen molar-refractivity contribution in [3.63, 3.8) is 0 Å². The largest absolute Gasteiger partial charge is 0.573 e. The molecule has 0 radical (unpaired) electrons. The van der Waals surface area contributed by atoms with Crippen molar-refractivity contribution in [1.82, 2.24) is 9.59 Å². The lowest BCUT2D eigenvalue weighted by Crippen LogP contribution is -2.20. The first-order chi connectivity index (χ1) is 12.2. The quantitative estimate of drug-likeness (QED) is 0.701. The summed E-state index contributed by atoms with van der Waals surface area (Å²) in [6, 6.07) is 10.7. The third-order valence-electron chi connectivity index (χ3n) is 3.16. The van der Waals surface area contributed by atoms with Crippen LogP contribution < -0.4 is 9.46 Å². The van der Waals surface area contributed by atoms with E-state index in [-0.39, 0.29) is 5.69 Å². The van der Waals surface area contributed by atoms with Gasteiger partial charge in [-0.05, 0) is 35.8 Å². The number of anilines is 1. The molecule has 0 saturated carbocycles. The average Bonchev–Trinajstić information content (AvgIpc) is 3.08. The summed E-state index contributed by atoms with van der Waals surface area (Å²) >= 11 is 1.17. The average molecular weight is 401 g/mol. The van der Waals surface area contributed by atoms with Gasteiger partial charge in [-0.1, -0.05) is 28.8 Å². The van der Waals surface area contributed by atoms with E-state index in [0.717, 1.165) is 17.7 Å². The fourth-order valence-electron chi connectivity index (χ4n) is 2.09. The van der Waals surface area contributed by atoms with Gasteiger partial charge in [0.05, 0.1) is 0 Å². The van der Waals surface area contributed by atoms with Crippen LogP contribution in [0.25, 0.3) is 11.3 Å². The predicted molar refractivity (Wildman–Crippen MR) is 89.3 cm³/mol. The van der Waals surface area contributed by atoms with Crippen LogP contribution in [0.4, 0.5) is 18.9 Å². The minimum absolute atomic E-state index is 0.179. The van der Waals surface area contributed by atoms with Crippen molar-refractivity contribution < 1.29 is 26.3 Å². The lowest BCUT2D eigenvalue weighted by molar-refractivity contribution is -0.275. The standard InChI is InChI=1S/C15H10F3N3O3S2/c16-15(17,18)24-13-3-1-2-4-14(13)26(22,23)20-11-7-5-10(6-8-11)12-9-25-21-19-12/h1-9,20H. The van der Waals surface area contributed by atoms with Gasteiger partial charge in [0.25, 0.3) is 10.0 Å². The summed E-state index contributed by atoms with van der Waals surface area (Å²) in [5, 5.41) is 5.62. The van der Waals surface area contributed by atoms with Crippen molar-refractivity contribution in [2.45, 2.75) is 11.3 Å². The van der Waals surface area contributed by atoms with Gasteiger partial charge >= 0.3 is 6.36 Å². The van der Waals surface area contributed by atoms with Gasteiger partial charge in [0.15, 0.2) is 0 Å². The second-order valence-electron chi connectivity index (χ2n) is 4.97. The molecule has 1 aromatic heterocycles. The molecule has 3 rings (SSSR count). The molecule has 0 unspecified atom stereocenters. The number of nitrogens with zero attached hydrogens (tertiary/aromatic N) is 2. The highest BCUT2D eigenvalue weighted by Gasteiger charge is 2.34. The summed E-state index contributed by atoms with van der Waals surface area (Å²) in [6.45, 7) is 0. The van der Waals surface area contributed by atoms with Crippen LogP contribution in [0, 0.1) is 0 Å². The Bertz CT molecular complexity index is 989. The first kappa shape index (κ1) is 18.1. The molecule has 3 aromatic rings. The molecular formula is C15H10F3N3O3S2. The van der Waals surface area contributed by atoms with E-state index >= 15 is 0 Å². The molecule has 0 aliphatic heterocycles. The van der Waals surface area contributed by atoms with E-state index in [4.69, 9.17) is 0 Å². The van der Waals surface area contributed by atoms with Gasteiger partial charge in [-0.2, -0.15) is 0 Å². The second-order valence-corrected chi connectivity index (χ2v) is 7.23. The molecule has 0 aliphatic carbocycles. The van der Waals surface area contributed by atoms with Crippen LogP contribution in [0.15, 0.2) is 58.8 Å². The Kier molecular flexibility index (Phi) is 4.83. The summed E-state index contributed by atoms with van der Waals surface area (Å²) in [7, 11) is -4.28. The summed E-state index contributed by atoms with van der Waals surface area (Å²) in [5.41, 5.74) is 1.54. The number of nitrogens with one attached hydrogen (secondary N) is 1. The van der Waals surface area contributed by atoms with Gasteiger partial charge < -0.3 is 4.74 Å². The van der Waals surface area contributed by atoms with Gasteiger partial charge in [0, 0.05) is 16.6 Å². The zero-order valence-electron chi connectivity index (χ0n) is 12.8. The molecular weight excluding hydrogens is 391 g/mol. The number of halogens is 3. The van der Waals surface area contributed by atoms with E-state index in [0.29, 0.717) is 5.69 Å². The van der Waals surface area contributed by atoms with Gasteiger partial charge in [-0.3, -0.25) is 4.72 Å². The van der Waals surface area contributed by atoms with E-state index < -0.39 is 27.0 Å². The fourth-order valence-corrected chi connectivity index (χ4v) is 3.74. The van der Waals surface area contributed by atoms with E-state index in [2.05, 4.69) is 19.0 Å². The van der Waals surface area contributed by atoms with Crippen LogP contribution in [0.3, 0.4) is 0 Å². The molecule has 2 aromatic carbocycles. The van der Waals surface area contributed by atoms with Crippen molar-refractivity contribution in [2.24, 2.45) is 0 Å². The third-order valence-corrected chi connectivity index (χ3v) is 5.08. The number of benzene rings is 2. The number of ether oxygens (including phenoxy) is 1. The topological polar surface area (TPSA) is 81.2 Å². The van der Waals surface area contributed by atoms with Crippen LogP contribution in [0.1, 0.15) is 0 Å².